The number of hydrogen-bond donors (Lipinski definition) is 0. The predicted molar refractivity (Wildman–Crippen MR) is 82.6 cm³/mol. The molecule has 0 fully saturated rings. The maximum atomic E-state index is 14.2. The van der Waals surface area contributed by atoms with Crippen molar-refractivity contribution in [2.75, 3.05) is 0 Å². The lowest BCUT2D eigenvalue weighted by molar-refractivity contribution is 0.288. The molecule has 0 aliphatic carbocycles. The number of furan rings is 1. The Labute approximate surface area is 130 Å². The third kappa shape index (κ3) is 3.16. The molecule has 0 saturated heterocycles. The van der Waals surface area contributed by atoms with Crippen molar-refractivity contribution in [3.05, 3.63) is 76.7 Å². The quantitative estimate of drug-likeness (QED) is 0.628. The summed E-state index contributed by atoms with van der Waals surface area (Å²) < 4.78 is 25.6. The molecule has 3 aromatic rings. The van der Waals surface area contributed by atoms with Crippen LogP contribution in [0.4, 0.5) is 4.39 Å². The molecule has 4 heteroatoms. The number of benzene rings is 2. The Balaban J connectivity index is 1.83. The van der Waals surface area contributed by atoms with E-state index >= 15 is 0 Å². The monoisotopic (exact) mass is 346 g/mol. The summed E-state index contributed by atoms with van der Waals surface area (Å²) in [4.78, 5) is 0. The lowest BCUT2D eigenvalue weighted by Crippen LogP contribution is -1.98. The van der Waals surface area contributed by atoms with Crippen molar-refractivity contribution in [2.45, 2.75) is 6.61 Å². The molecule has 0 saturated carbocycles. The van der Waals surface area contributed by atoms with Gasteiger partial charge in [-0.25, -0.2) is 4.39 Å². The van der Waals surface area contributed by atoms with Crippen LogP contribution in [-0.2, 0) is 6.61 Å². The Hall–Kier alpha value is -2.07. The highest BCUT2D eigenvalue weighted by atomic mass is 79.9. The molecule has 2 nitrogen and oxygen atoms in total. The molecule has 0 aliphatic heterocycles. The van der Waals surface area contributed by atoms with E-state index in [1.807, 2.05) is 30.3 Å². The summed E-state index contributed by atoms with van der Waals surface area (Å²) in [6.45, 7) is 0.316. The topological polar surface area (TPSA) is 22.4 Å². The molecule has 21 heavy (non-hydrogen) atoms. The minimum atomic E-state index is -0.424. The number of hydrogen-bond acceptors (Lipinski definition) is 2. The molecule has 0 spiro atoms. The van der Waals surface area contributed by atoms with Crippen LogP contribution < -0.4 is 4.74 Å². The van der Waals surface area contributed by atoms with Gasteiger partial charge in [0.1, 0.15) is 12.4 Å². The second-order valence-corrected chi connectivity index (χ2v) is 5.37. The number of ether oxygens (including phenoxy) is 1. The molecule has 0 amide bonds. The maximum Gasteiger partial charge on any atom is 0.169 e. The zero-order valence-electron chi connectivity index (χ0n) is 11.1. The van der Waals surface area contributed by atoms with Gasteiger partial charge in [0.15, 0.2) is 11.6 Å². The Morgan fingerprint density at radius 2 is 1.86 bits per heavy atom. The normalized spacial score (nSPS) is 10.6. The summed E-state index contributed by atoms with van der Waals surface area (Å²) in [5.41, 5.74) is 1.65. The largest absolute Gasteiger partial charge is 0.485 e. The highest BCUT2D eigenvalue weighted by Gasteiger charge is 2.13. The summed E-state index contributed by atoms with van der Waals surface area (Å²) >= 11 is 3.35. The van der Waals surface area contributed by atoms with E-state index in [4.69, 9.17) is 9.15 Å². The minimum absolute atomic E-state index is 0.203. The van der Waals surface area contributed by atoms with E-state index in [0.717, 1.165) is 5.56 Å². The van der Waals surface area contributed by atoms with Crippen molar-refractivity contribution in [1.29, 1.82) is 0 Å². The minimum Gasteiger partial charge on any atom is -0.485 e. The second kappa shape index (κ2) is 6.14. The average Bonchev–Trinajstić information content (AvgIpc) is 3.01. The predicted octanol–water partition coefficient (Wildman–Crippen LogP) is 5.43. The van der Waals surface area contributed by atoms with Gasteiger partial charge in [0.25, 0.3) is 0 Å². The lowest BCUT2D eigenvalue weighted by atomic mass is 10.1. The van der Waals surface area contributed by atoms with Gasteiger partial charge in [0.05, 0.1) is 10.7 Å². The molecular formula is C17H12BrFO2. The molecule has 0 bridgehead atoms. The summed E-state index contributed by atoms with van der Waals surface area (Å²) in [7, 11) is 0. The first-order chi connectivity index (χ1) is 10.2. The van der Waals surface area contributed by atoms with Crippen molar-refractivity contribution in [3.63, 3.8) is 0 Å². The van der Waals surface area contributed by atoms with Crippen LogP contribution in [0.1, 0.15) is 5.56 Å². The van der Waals surface area contributed by atoms with Crippen LogP contribution in [0, 0.1) is 5.82 Å². The second-order valence-electron chi connectivity index (χ2n) is 4.52. The van der Waals surface area contributed by atoms with Crippen molar-refractivity contribution in [3.8, 4) is 17.1 Å². The van der Waals surface area contributed by atoms with Crippen LogP contribution in [-0.4, -0.2) is 0 Å². The molecule has 0 N–H and O–H groups in total. The highest BCUT2D eigenvalue weighted by molar-refractivity contribution is 9.10. The average molecular weight is 347 g/mol. The van der Waals surface area contributed by atoms with Crippen LogP contribution in [0.5, 0.6) is 5.75 Å². The van der Waals surface area contributed by atoms with E-state index in [1.165, 1.54) is 6.07 Å². The van der Waals surface area contributed by atoms with Gasteiger partial charge in [-0.2, -0.15) is 0 Å². The van der Waals surface area contributed by atoms with Crippen molar-refractivity contribution in [1.82, 2.24) is 0 Å². The van der Waals surface area contributed by atoms with Crippen molar-refractivity contribution >= 4 is 15.9 Å². The van der Waals surface area contributed by atoms with Gasteiger partial charge in [-0.1, -0.05) is 30.3 Å². The molecule has 1 aromatic heterocycles. The van der Waals surface area contributed by atoms with E-state index in [0.29, 0.717) is 22.4 Å². The third-order valence-electron chi connectivity index (χ3n) is 3.03. The molecule has 2 aromatic carbocycles. The zero-order valence-corrected chi connectivity index (χ0v) is 12.6. The zero-order chi connectivity index (χ0) is 14.7. The summed E-state index contributed by atoms with van der Waals surface area (Å²) in [6, 6.07) is 16.4. The smallest absolute Gasteiger partial charge is 0.169 e. The Bertz CT molecular complexity index is 701. The third-order valence-corrected chi connectivity index (χ3v) is 3.62. The fourth-order valence-corrected chi connectivity index (χ4v) is 2.56. The van der Waals surface area contributed by atoms with Gasteiger partial charge in [-0.15, -0.1) is 0 Å². The number of halogens is 2. The van der Waals surface area contributed by atoms with Gasteiger partial charge in [-0.05, 0) is 45.8 Å². The van der Waals surface area contributed by atoms with E-state index in [2.05, 4.69) is 15.9 Å². The maximum absolute atomic E-state index is 14.2. The van der Waals surface area contributed by atoms with Gasteiger partial charge < -0.3 is 9.15 Å². The molecule has 3 rings (SSSR count). The summed E-state index contributed by atoms with van der Waals surface area (Å²) in [5, 5.41) is 0. The Morgan fingerprint density at radius 3 is 2.52 bits per heavy atom. The van der Waals surface area contributed by atoms with Crippen molar-refractivity contribution < 1.29 is 13.5 Å². The Kier molecular flexibility index (Phi) is 4.06. The fourth-order valence-electron chi connectivity index (χ4n) is 2.01. The fraction of sp³-hybridized carbons (Fsp3) is 0.0588. The molecular weight excluding hydrogens is 335 g/mol. The first-order valence-electron chi connectivity index (χ1n) is 6.43. The van der Waals surface area contributed by atoms with Crippen LogP contribution >= 0.6 is 15.9 Å². The van der Waals surface area contributed by atoms with E-state index in [9.17, 15) is 4.39 Å². The van der Waals surface area contributed by atoms with Crippen LogP contribution in [0.3, 0.4) is 0 Å². The molecule has 0 radical (unpaired) electrons. The van der Waals surface area contributed by atoms with Gasteiger partial charge in [-0.3, -0.25) is 0 Å². The van der Waals surface area contributed by atoms with Gasteiger partial charge in [0.2, 0.25) is 0 Å². The van der Waals surface area contributed by atoms with Crippen LogP contribution in [0.15, 0.2) is 69.8 Å². The highest BCUT2D eigenvalue weighted by Crippen LogP contribution is 2.34. The van der Waals surface area contributed by atoms with E-state index in [1.54, 1.807) is 24.5 Å². The van der Waals surface area contributed by atoms with E-state index < -0.39 is 5.82 Å². The number of rotatable bonds is 4. The van der Waals surface area contributed by atoms with Crippen LogP contribution in [0.25, 0.3) is 11.3 Å². The first-order valence-corrected chi connectivity index (χ1v) is 7.23. The molecule has 1 heterocycles. The van der Waals surface area contributed by atoms with Crippen LogP contribution in [0.2, 0.25) is 0 Å². The van der Waals surface area contributed by atoms with Gasteiger partial charge in [0, 0.05) is 5.56 Å². The standard InChI is InChI=1S/C17H12BrFO2/c18-14-9-13(16-7-4-8-20-16)10-15(19)17(14)21-11-12-5-2-1-3-6-12/h1-10H,11H2. The lowest BCUT2D eigenvalue weighted by Gasteiger charge is -2.10. The Morgan fingerprint density at radius 1 is 1.05 bits per heavy atom. The molecule has 106 valence electrons. The molecule has 0 aliphatic rings. The summed E-state index contributed by atoms with van der Waals surface area (Å²) in [6.07, 6.45) is 1.56. The molecule has 0 unspecified atom stereocenters. The van der Waals surface area contributed by atoms with Gasteiger partial charge >= 0.3 is 0 Å². The SMILES string of the molecule is Fc1cc(-c2ccco2)cc(Br)c1OCc1ccccc1. The van der Waals surface area contributed by atoms with E-state index in [-0.39, 0.29) is 5.75 Å². The summed E-state index contributed by atoms with van der Waals surface area (Å²) in [5.74, 6) is 0.394. The first kappa shape index (κ1) is 13.9. The van der Waals surface area contributed by atoms with Crippen molar-refractivity contribution in [2.24, 2.45) is 0 Å². The molecule has 0 atom stereocenters.